The fourth-order valence-electron chi connectivity index (χ4n) is 4.45. The number of rotatable bonds is 9. The van der Waals surface area contributed by atoms with Gasteiger partial charge in [-0.1, -0.05) is 26.2 Å². The molecule has 0 unspecified atom stereocenters. The van der Waals surface area contributed by atoms with E-state index in [1.54, 1.807) is 18.2 Å². The lowest BCUT2D eigenvalue weighted by Gasteiger charge is -2.27. The van der Waals surface area contributed by atoms with Gasteiger partial charge in [-0.15, -0.1) is 0 Å². The summed E-state index contributed by atoms with van der Waals surface area (Å²) in [6, 6.07) is 5.21. The molecular formula is C22H35N3O4S. The van der Waals surface area contributed by atoms with Crippen molar-refractivity contribution in [3.05, 3.63) is 18.2 Å². The number of amides is 1. The molecule has 1 aromatic carbocycles. The summed E-state index contributed by atoms with van der Waals surface area (Å²) in [5, 5.41) is 2.91. The van der Waals surface area contributed by atoms with Gasteiger partial charge in [-0.05, 0) is 57.4 Å². The lowest BCUT2D eigenvalue weighted by Crippen LogP contribution is -2.39. The number of anilines is 1. The second-order valence-corrected chi connectivity index (χ2v) is 10.0. The van der Waals surface area contributed by atoms with Gasteiger partial charge in [0.05, 0.1) is 23.7 Å². The predicted molar refractivity (Wildman–Crippen MR) is 118 cm³/mol. The molecule has 0 spiro atoms. The smallest absolute Gasteiger partial charge is 0.243 e. The second-order valence-electron chi connectivity index (χ2n) is 8.11. The number of piperidine rings is 1. The van der Waals surface area contributed by atoms with Crippen molar-refractivity contribution in [2.24, 2.45) is 0 Å². The van der Waals surface area contributed by atoms with Gasteiger partial charge >= 0.3 is 0 Å². The zero-order valence-electron chi connectivity index (χ0n) is 18.2. The van der Waals surface area contributed by atoms with Crippen LogP contribution in [0.2, 0.25) is 0 Å². The summed E-state index contributed by atoms with van der Waals surface area (Å²) in [6.07, 6.45) is 7.53. The van der Waals surface area contributed by atoms with E-state index in [9.17, 15) is 13.2 Å². The SMILES string of the molecule is CCOc1ccc(S(=O)(=O)N2CCCCC2)cc1NC(=O)CN(CC)C1CCCC1. The first kappa shape index (κ1) is 23.0. The van der Waals surface area contributed by atoms with Crippen molar-refractivity contribution >= 4 is 21.6 Å². The molecule has 7 nitrogen and oxygen atoms in total. The van der Waals surface area contributed by atoms with Crippen LogP contribution in [-0.2, 0) is 14.8 Å². The second kappa shape index (κ2) is 10.6. The number of carbonyl (C=O) groups is 1. The minimum atomic E-state index is -3.58. The van der Waals surface area contributed by atoms with Crippen LogP contribution < -0.4 is 10.1 Å². The van der Waals surface area contributed by atoms with Crippen molar-refractivity contribution in [3.8, 4) is 5.75 Å². The Morgan fingerprint density at radius 2 is 1.83 bits per heavy atom. The van der Waals surface area contributed by atoms with Crippen molar-refractivity contribution < 1.29 is 17.9 Å². The highest BCUT2D eigenvalue weighted by Gasteiger charge is 2.27. The lowest BCUT2D eigenvalue weighted by molar-refractivity contribution is -0.117. The van der Waals surface area contributed by atoms with Gasteiger partial charge in [0.15, 0.2) is 0 Å². The van der Waals surface area contributed by atoms with E-state index in [0.717, 1.165) is 38.6 Å². The van der Waals surface area contributed by atoms with Crippen molar-refractivity contribution in [1.29, 1.82) is 0 Å². The first-order valence-corrected chi connectivity index (χ1v) is 12.7. The molecular weight excluding hydrogens is 402 g/mol. The molecule has 1 aliphatic carbocycles. The van der Waals surface area contributed by atoms with Crippen LogP contribution in [0, 0.1) is 0 Å². The molecule has 1 heterocycles. The highest BCUT2D eigenvalue weighted by atomic mass is 32.2. The molecule has 1 saturated carbocycles. The quantitative estimate of drug-likeness (QED) is 0.640. The minimum absolute atomic E-state index is 0.141. The Bertz CT molecular complexity index is 816. The van der Waals surface area contributed by atoms with Crippen LogP contribution in [0.5, 0.6) is 5.75 Å². The molecule has 168 valence electrons. The highest BCUT2D eigenvalue weighted by molar-refractivity contribution is 7.89. The van der Waals surface area contributed by atoms with Crippen LogP contribution >= 0.6 is 0 Å². The van der Waals surface area contributed by atoms with Crippen molar-refractivity contribution in [2.75, 3.05) is 38.1 Å². The zero-order chi connectivity index (χ0) is 21.6. The molecule has 1 N–H and O–H groups in total. The summed E-state index contributed by atoms with van der Waals surface area (Å²) < 4.78 is 33.3. The molecule has 2 fully saturated rings. The van der Waals surface area contributed by atoms with Crippen molar-refractivity contribution in [1.82, 2.24) is 9.21 Å². The van der Waals surface area contributed by atoms with Gasteiger partial charge < -0.3 is 10.1 Å². The van der Waals surface area contributed by atoms with Crippen LogP contribution in [0.3, 0.4) is 0 Å². The van der Waals surface area contributed by atoms with E-state index in [2.05, 4.69) is 17.1 Å². The third-order valence-electron chi connectivity index (χ3n) is 6.07. The fourth-order valence-corrected chi connectivity index (χ4v) is 5.99. The van der Waals surface area contributed by atoms with Crippen LogP contribution in [0.1, 0.15) is 58.8 Å². The molecule has 1 saturated heterocycles. The number of hydrogen-bond donors (Lipinski definition) is 1. The Hall–Kier alpha value is -1.64. The highest BCUT2D eigenvalue weighted by Crippen LogP contribution is 2.30. The Kier molecular flexibility index (Phi) is 8.13. The summed E-state index contributed by atoms with van der Waals surface area (Å²) in [5.41, 5.74) is 0.419. The van der Waals surface area contributed by atoms with E-state index in [4.69, 9.17) is 4.74 Å². The van der Waals surface area contributed by atoms with E-state index in [1.807, 2.05) is 6.92 Å². The van der Waals surface area contributed by atoms with Gasteiger partial charge in [0.1, 0.15) is 5.75 Å². The number of nitrogens with one attached hydrogen (secondary N) is 1. The number of hydrogen-bond acceptors (Lipinski definition) is 5. The molecule has 1 aromatic rings. The maximum absolute atomic E-state index is 13.1. The van der Waals surface area contributed by atoms with E-state index in [1.165, 1.54) is 17.1 Å². The monoisotopic (exact) mass is 437 g/mol. The number of benzene rings is 1. The topological polar surface area (TPSA) is 79.0 Å². The van der Waals surface area contributed by atoms with E-state index >= 15 is 0 Å². The lowest BCUT2D eigenvalue weighted by atomic mass is 10.2. The zero-order valence-corrected chi connectivity index (χ0v) is 19.0. The van der Waals surface area contributed by atoms with E-state index in [-0.39, 0.29) is 10.8 Å². The summed E-state index contributed by atoms with van der Waals surface area (Å²) >= 11 is 0. The third kappa shape index (κ3) is 5.53. The molecule has 8 heteroatoms. The van der Waals surface area contributed by atoms with Crippen LogP contribution in [0.15, 0.2) is 23.1 Å². The molecule has 1 amide bonds. The molecule has 30 heavy (non-hydrogen) atoms. The van der Waals surface area contributed by atoms with Gasteiger partial charge in [0.25, 0.3) is 0 Å². The average Bonchev–Trinajstić information content (AvgIpc) is 3.28. The number of carbonyl (C=O) groups excluding carboxylic acids is 1. The summed E-state index contributed by atoms with van der Waals surface area (Å²) in [5.74, 6) is 0.351. The Morgan fingerprint density at radius 3 is 2.47 bits per heavy atom. The Morgan fingerprint density at radius 1 is 1.13 bits per heavy atom. The van der Waals surface area contributed by atoms with Gasteiger partial charge in [0, 0.05) is 19.1 Å². The third-order valence-corrected chi connectivity index (χ3v) is 7.97. The standard InChI is InChI=1S/C22H35N3O4S/c1-3-24(18-10-6-7-11-18)17-22(26)23-20-16-19(12-13-21(20)29-4-2)30(27,28)25-14-8-5-9-15-25/h12-13,16,18H,3-11,14-15,17H2,1-2H3,(H,23,26). The molecule has 2 aliphatic rings. The first-order valence-electron chi connectivity index (χ1n) is 11.3. The van der Waals surface area contributed by atoms with E-state index in [0.29, 0.717) is 43.7 Å². The number of ether oxygens (including phenoxy) is 1. The normalized spacial score (nSPS) is 18.6. The number of sulfonamides is 1. The maximum atomic E-state index is 13.1. The van der Waals surface area contributed by atoms with Crippen molar-refractivity contribution in [2.45, 2.75) is 69.7 Å². The van der Waals surface area contributed by atoms with Gasteiger partial charge in [-0.3, -0.25) is 9.69 Å². The van der Waals surface area contributed by atoms with Gasteiger partial charge in [-0.2, -0.15) is 4.31 Å². The van der Waals surface area contributed by atoms with E-state index < -0.39 is 10.0 Å². The number of nitrogens with zero attached hydrogens (tertiary/aromatic N) is 2. The molecule has 0 radical (unpaired) electrons. The van der Waals surface area contributed by atoms with Crippen LogP contribution in [0.4, 0.5) is 5.69 Å². The van der Waals surface area contributed by atoms with Crippen LogP contribution in [0.25, 0.3) is 0 Å². The van der Waals surface area contributed by atoms with Crippen LogP contribution in [-0.4, -0.2) is 62.4 Å². The molecule has 1 aliphatic heterocycles. The van der Waals surface area contributed by atoms with Crippen molar-refractivity contribution in [3.63, 3.8) is 0 Å². The number of likely N-dealkylation sites (N-methyl/N-ethyl adjacent to an activating group) is 1. The predicted octanol–water partition coefficient (Wildman–Crippen LogP) is 3.46. The molecule has 3 rings (SSSR count). The molecule has 0 aromatic heterocycles. The molecule has 0 atom stereocenters. The fraction of sp³-hybridized carbons (Fsp3) is 0.682. The Labute approximate surface area is 180 Å². The first-order chi connectivity index (χ1) is 14.5. The summed E-state index contributed by atoms with van der Waals surface area (Å²) in [6.45, 7) is 6.58. The minimum Gasteiger partial charge on any atom is -0.492 e. The maximum Gasteiger partial charge on any atom is 0.243 e. The summed E-state index contributed by atoms with van der Waals surface area (Å²) in [7, 11) is -3.58. The average molecular weight is 438 g/mol. The summed E-state index contributed by atoms with van der Waals surface area (Å²) in [4.78, 5) is 15.2. The Balaban J connectivity index is 1.77. The van der Waals surface area contributed by atoms with Gasteiger partial charge in [-0.25, -0.2) is 8.42 Å². The van der Waals surface area contributed by atoms with Gasteiger partial charge in [0.2, 0.25) is 15.9 Å². The molecule has 0 bridgehead atoms. The largest absolute Gasteiger partial charge is 0.492 e.